The third-order valence-corrected chi connectivity index (χ3v) is 15.9. The molecule has 4 N–H and O–H groups in total. The van der Waals surface area contributed by atoms with Gasteiger partial charge in [0.15, 0.2) is 5.78 Å². The zero-order valence-corrected chi connectivity index (χ0v) is 44.1. The summed E-state index contributed by atoms with van der Waals surface area (Å²) in [6, 6.07) is 7.04. The van der Waals surface area contributed by atoms with Crippen molar-refractivity contribution in [3.63, 3.8) is 0 Å². The van der Waals surface area contributed by atoms with Gasteiger partial charge in [-0.25, -0.2) is 9.59 Å². The number of aliphatic hydroxyl groups is 3. The lowest BCUT2D eigenvalue weighted by atomic mass is 9.55. The minimum atomic E-state index is -1.83. The molecule has 1 saturated heterocycles. The summed E-state index contributed by atoms with van der Waals surface area (Å²) in [5, 5.41) is 39.1. The van der Waals surface area contributed by atoms with E-state index in [4.69, 9.17) is 23.7 Å². The van der Waals surface area contributed by atoms with Crippen molar-refractivity contribution < 1.29 is 63.0 Å². The molecule has 2 saturated carbocycles. The number of esters is 3. The first-order valence-electron chi connectivity index (χ1n) is 26.8. The fraction of sp³-hybridized carbons (Fsp3) is 0.737. The summed E-state index contributed by atoms with van der Waals surface area (Å²) >= 11 is 0. The molecule has 0 aromatic heterocycles. The standard InChI is InChI=1S/C57H87NO13/c1-9-10-11-12-13-14-15-16-17-18-19-20-21-22-23-27-34-67-45(60)30-31-46(61)70-50(48(39-28-25-24-26-29-39)58-53(65)71-54(3,4)5)52(64)69-43-36-57(66)33-32-41-40-37-68-42(40)35-44(59)56(41,8)51(63)49(62)47(38(43)2)55(57,6)7/h16-17,24-26,28-29,40-44,48-50,59,62,66H,9-15,18-23,27,30-37H2,1-8H3,(H,58,65)/b17-16-/t40-,41+,42+,43-,44-,48-,49+,50+,56-,57-/m0/s1. The lowest BCUT2D eigenvalue weighted by molar-refractivity contribution is -0.226. The number of aliphatic hydroxyl groups excluding tert-OH is 2. The van der Waals surface area contributed by atoms with Crippen LogP contribution >= 0.6 is 0 Å². The minimum Gasteiger partial charge on any atom is -0.466 e. The van der Waals surface area contributed by atoms with Gasteiger partial charge in [-0.1, -0.05) is 121 Å². The first-order chi connectivity index (χ1) is 33.6. The molecule has 3 aliphatic carbocycles. The Morgan fingerprint density at radius 2 is 1.48 bits per heavy atom. The molecule has 398 valence electrons. The van der Waals surface area contributed by atoms with Crippen molar-refractivity contribution in [2.75, 3.05) is 13.2 Å². The van der Waals surface area contributed by atoms with Gasteiger partial charge in [0.05, 0.1) is 49.3 Å². The maximum Gasteiger partial charge on any atom is 0.408 e. The van der Waals surface area contributed by atoms with Gasteiger partial charge in [0.25, 0.3) is 0 Å². The molecule has 14 nitrogen and oxygen atoms in total. The molecule has 1 aliphatic heterocycles. The van der Waals surface area contributed by atoms with E-state index in [1.165, 1.54) is 44.9 Å². The summed E-state index contributed by atoms with van der Waals surface area (Å²) in [6.07, 6.45) is 13.7. The molecule has 71 heavy (non-hydrogen) atoms. The predicted octanol–water partition coefficient (Wildman–Crippen LogP) is 10.0. The quantitative estimate of drug-likeness (QED) is 0.0312. The maximum atomic E-state index is 14.8. The molecule has 0 spiro atoms. The first kappa shape index (κ1) is 57.8. The summed E-state index contributed by atoms with van der Waals surface area (Å²) in [5.41, 5.74) is -4.18. The number of fused-ring (bicyclic) bond motifs is 5. The second kappa shape index (κ2) is 26.2. The SMILES string of the molecule is CCCCCCCC/C=C\CCCCCCCCOC(=O)CCC(=O)O[C@@H](C(=O)O[C@H]1C[C@@]2(O)CC[C@@H]3[C@@H]4CO[C@@H]4C[C@H](O)[C@@]3(C)C(=O)[C@H](O)C(=C1C)C2(C)C)[C@@H](NC(=O)OC(C)(C)C)c1ccccc1. The van der Waals surface area contributed by atoms with Gasteiger partial charge < -0.3 is 44.3 Å². The first-order valence-corrected chi connectivity index (χ1v) is 26.8. The molecule has 1 heterocycles. The Morgan fingerprint density at radius 1 is 0.873 bits per heavy atom. The summed E-state index contributed by atoms with van der Waals surface area (Å²) in [7, 11) is 0. The molecule has 5 rings (SSSR count). The molecule has 0 unspecified atom stereocenters. The highest BCUT2D eigenvalue weighted by molar-refractivity contribution is 5.93. The number of alkyl carbamates (subject to hydrolysis) is 1. The van der Waals surface area contributed by atoms with E-state index >= 15 is 0 Å². The molecule has 0 radical (unpaired) electrons. The van der Waals surface area contributed by atoms with E-state index in [9.17, 15) is 39.3 Å². The molecule has 14 heteroatoms. The van der Waals surface area contributed by atoms with Crippen LogP contribution in [0.4, 0.5) is 4.79 Å². The van der Waals surface area contributed by atoms with Crippen LogP contribution in [0.3, 0.4) is 0 Å². The normalized spacial score (nSPS) is 28.0. The zero-order valence-electron chi connectivity index (χ0n) is 44.1. The predicted molar refractivity (Wildman–Crippen MR) is 270 cm³/mol. The number of hydrogen-bond donors (Lipinski definition) is 4. The summed E-state index contributed by atoms with van der Waals surface area (Å²) in [4.78, 5) is 69.3. The molecule has 3 fully saturated rings. The summed E-state index contributed by atoms with van der Waals surface area (Å²) in [6.45, 7) is 14.7. The molecule has 10 atom stereocenters. The van der Waals surface area contributed by atoms with E-state index in [1.54, 1.807) is 78.8 Å². The number of unbranched alkanes of at least 4 members (excludes halogenated alkanes) is 12. The average Bonchev–Trinajstić information content (AvgIpc) is 3.31. The van der Waals surface area contributed by atoms with Crippen LogP contribution in [0.25, 0.3) is 0 Å². The summed E-state index contributed by atoms with van der Waals surface area (Å²) < 4.78 is 28.9. The highest BCUT2D eigenvalue weighted by atomic mass is 16.6. The Balaban J connectivity index is 1.24. The Kier molecular flexibility index (Phi) is 21.3. The van der Waals surface area contributed by atoms with Gasteiger partial charge in [0.1, 0.15) is 23.9 Å². The van der Waals surface area contributed by atoms with Crippen LogP contribution in [0.2, 0.25) is 0 Å². The van der Waals surface area contributed by atoms with Gasteiger partial charge in [0, 0.05) is 24.2 Å². The molecular formula is C57H87NO13. The number of rotatable bonds is 25. The van der Waals surface area contributed by atoms with E-state index in [0.29, 0.717) is 30.6 Å². The van der Waals surface area contributed by atoms with Gasteiger partial charge in [-0.15, -0.1) is 0 Å². The number of Topliss-reactive ketones (excluding diaryl/α,β-unsaturated/α-hetero) is 1. The van der Waals surface area contributed by atoms with Gasteiger partial charge in [0.2, 0.25) is 6.10 Å². The van der Waals surface area contributed by atoms with E-state index in [-0.39, 0.29) is 49.9 Å². The van der Waals surface area contributed by atoms with Gasteiger partial charge >= 0.3 is 24.0 Å². The van der Waals surface area contributed by atoms with Gasteiger partial charge in [-0.3, -0.25) is 14.4 Å². The third kappa shape index (κ3) is 15.0. The minimum absolute atomic E-state index is 0.0420. The molecular weight excluding hydrogens is 907 g/mol. The third-order valence-electron chi connectivity index (χ3n) is 15.9. The van der Waals surface area contributed by atoms with Crippen molar-refractivity contribution in [2.24, 2.45) is 22.7 Å². The van der Waals surface area contributed by atoms with Crippen LogP contribution in [0.1, 0.15) is 195 Å². The largest absolute Gasteiger partial charge is 0.466 e. The Morgan fingerprint density at radius 3 is 2.08 bits per heavy atom. The van der Waals surface area contributed by atoms with Crippen LogP contribution in [-0.4, -0.2) is 100 Å². The molecule has 1 amide bonds. The number of ether oxygens (including phenoxy) is 5. The van der Waals surface area contributed by atoms with E-state index in [2.05, 4.69) is 24.4 Å². The number of carbonyl (C=O) groups excluding carboxylic acids is 5. The van der Waals surface area contributed by atoms with Crippen molar-refractivity contribution in [3.05, 3.63) is 59.2 Å². The van der Waals surface area contributed by atoms with Crippen LogP contribution < -0.4 is 5.32 Å². The fourth-order valence-corrected chi connectivity index (χ4v) is 11.4. The molecule has 4 aliphatic rings. The van der Waals surface area contributed by atoms with E-state index in [1.807, 2.05) is 0 Å². The highest BCUT2D eigenvalue weighted by Gasteiger charge is 2.64. The van der Waals surface area contributed by atoms with Gasteiger partial charge in [-0.2, -0.15) is 0 Å². The van der Waals surface area contributed by atoms with Crippen LogP contribution in [-0.2, 0) is 42.9 Å². The van der Waals surface area contributed by atoms with E-state index < -0.39 is 94.6 Å². The highest BCUT2D eigenvalue weighted by Crippen LogP contribution is 2.59. The lowest BCUT2D eigenvalue weighted by Crippen LogP contribution is -2.63. The number of ketones is 1. The lowest BCUT2D eigenvalue weighted by Gasteiger charge is -2.56. The smallest absolute Gasteiger partial charge is 0.408 e. The van der Waals surface area contributed by atoms with Crippen molar-refractivity contribution in [1.82, 2.24) is 5.32 Å². The van der Waals surface area contributed by atoms with Crippen molar-refractivity contribution in [3.8, 4) is 0 Å². The Bertz CT molecular complexity index is 1990. The van der Waals surface area contributed by atoms with Crippen LogP contribution in [0.5, 0.6) is 0 Å². The topological polar surface area (TPSA) is 204 Å². The second-order valence-corrected chi connectivity index (χ2v) is 22.5. The Hall–Kier alpha value is -4.11. The van der Waals surface area contributed by atoms with Crippen LogP contribution in [0, 0.1) is 22.7 Å². The van der Waals surface area contributed by atoms with Gasteiger partial charge in [-0.05, 0) is 102 Å². The molecule has 1 aromatic rings. The number of benzene rings is 1. The number of carbonyl (C=O) groups is 5. The van der Waals surface area contributed by atoms with E-state index in [0.717, 1.165) is 38.5 Å². The fourth-order valence-electron chi connectivity index (χ4n) is 11.4. The Labute approximate surface area is 423 Å². The van der Waals surface area contributed by atoms with Crippen molar-refractivity contribution in [2.45, 2.75) is 232 Å². The zero-order chi connectivity index (χ0) is 52.0. The number of allylic oxidation sites excluding steroid dienone is 2. The average molecular weight is 994 g/mol. The molecule has 2 bridgehead atoms. The van der Waals surface area contributed by atoms with Crippen LogP contribution in [0.15, 0.2) is 53.6 Å². The van der Waals surface area contributed by atoms with Crippen molar-refractivity contribution >= 4 is 29.8 Å². The number of nitrogens with one attached hydrogen (secondary N) is 1. The number of hydrogen-bond acceptors (Lipinski definition) is 13. The van der Waals surface area contributed by atoms with Crippen molar-refractivity contribution in [1.29, 1.82) is 0 Å². The second-order valence-electron chi connectivity index (χ2n) is 22.5. The summed E-state index contributed by atoms with van der Waals surface area (Å²) in [5.74, 6) is -3.61. The molecule has 1 aromatic carbocycles. The maximum absolute atomic E-state index is 14.8. The monoisotopic (exact) mass is 994 g/mol. The number of amides is 1.